The molecule has 0 atom stereocenters. The van der Waals surface area contributed by atoms with Crippen molar-refractivity contribution < 1.29 is 23.8 Å². The van der Waals surface area contributed by atoms with E-state index in [9.17, 15) is 9.59 Å². The summed E-state index contributed by atoms with van der Waals surface area (Å²) in [6.07, 6.45) is 1.88. The zero-order valence-electron chi connectivity index (χ0n) is 11.6. The highest BCUT2D eigenvalue weighted by molar-refractivity contribution is 6.13. The SMILES string of the molecule is COC(=O)C(=CCCOCc1ccccc1)C(=O)OC. The van der Waals surface area contributed by atoms with Crippen molar-refractivity contribution in [2.24, 2.45) is 0 Å². The molecule has 5 heteroatoms. The Balaban J connectivity index is 2.41. The second-order valence-electron chi connectivity index (χ2n) is 3.93. The van der Waals surface area contributed by atoms with Crippen LogP contribution < -0.4 is 0 Å². The van der Waals surface area contributed by atoms with Gasteiger partial charge in [0.1, 0.15) is 5.57 Å². The number of ether oxygens (including phenoxy) is 3. The van der Waals surface area contributed by atoms with E-state index < -0.39 is 11.9 Å². The van der Waals surface area contributed by atoms with E-state index in [2.05, 4.69) is 9.47 Å². The molecule has 0 aliphatic heterocycles. The molecule has 0 heterocycles. The molecule has 0 spiro atoms. The molecule has 0 fully saturated rings. The molecule has 0 N–H and O–H groups in total. The fourth-order valence-electron chi connectivity index (χ4n) is 1.52. The van der Waals surface area contributed by atoms with E-state index >= 15 is 0 Å². The van der Waals surface area contributed by atoms with Crippen LogP contribution >= 0.6 is 0 Å². The van der Waals surface area contributed by atoms with Crippen molar-refractivity contribution in [3.8, 4) is 0 Å². The molecule has 0 amide bonds. The number of esters is 2. The van der Waals surface area contributed by atoms with Gasteiger partial charge in [-0.05, 0) is 12.0 Å². The first kappa shape index (κ1) is 15.9. The van der Waals surface area contributed by atoms with E-state index in [1.807, 2.05) is 30.3 Å². The zero-order valence-corrected chi connectivity index (χ0v) is 11.6. The van der Waals surface area contributed by atoms with Gasteiger partial charge in [-0.15, -0.1) is 0 Å². The summed E-state index contributed by atoms with van der Waals surface area (Å²) < 4.78 is 14.5. The van der Waals surface area contributed by atoms with E-state index in [0.717, 1.165) is 5.56 Å². The van der Waals surface area contributed by atoms with Gasteiger partial charge in [0.25, 0.3) is 0 Å². The molecule has 0 saturated heterocycles. The number of hydrogen-bond acceptors (Lipinski definition) is 5. The fourth-order valence-corrected chi connectivity index (χ4v) is 1.52. The summed E-state index contributed by atoms with van der Waals surface area (Å²) in [5.41, 5.74) is 0.955. The molecule has 0 unspecified atom stereocenters. The lowest BCUT2D eigenvalue weighted by atomic mass is 10.2. The van der Waals surface area contributed by atoms with Crippen LogP contribution in [0.1, 0.15) is 12.0 Å². The molecular formula is C15H18O5. The van der Waals surface area contributed by atoms with Crippen molar-refractivity contribution in [2.45, 2.75) is 13.0 Å². The lowest BCUT2D eigenvalue weighted by Gasteiger charge is -2.04. The third-order valence-electron chi connectivity index (χ3n) is 2.53. The van der Waals surface area contributed by atoms with Crippen LogP contribution in [0.3, 0.4) is 0 Å². The quantitative estimate of drug-likeness (QED) is 0.250. The highest BCUT2D eigenvalue weighted by atomic mass is 16.5. The molecule has 0 aromatic heterocycles. The first-order valence-electron chi connectivity index (χ1n) is 6.17. The number of methoxy groups -OCH3 is 2. The molecule has 1 rings (SSSR count). The second kappa shape index (κ2) is 8.87. The number of rotatable bonds is 7. The van der Waals surface area contributed by atoms with Gasteiger partial charge in [0.15, 0.2) is 0 Å². The minimum atomic E-state index is -0.708. The minimum absolute atomic E-state index is 0.113. The van der Waals surface area contributed by atoms with Gasteiger partial charge in [0.05, 0.1) is 27.4 Å². The zero-order chi connectivity index (χ0) is 14.8. The Kier molecular flexibility index (Phi) is 7.06. The van der Waals surface area contributed by atoms with Gasteiger partial charge in [-0.1, -0.05) is 36.4 Å². The third-order valence-corrected chi connectivity index (χ3v) is 2.53. The number of carbonyl (C=O) groups is 2. The van der Waals surface area contributed by atoms with Gasteiger partial charge in [-0.3, -0.25) is 0 Å². The second-order valence-corrected chi connectivity index (χ2v) is 3.93. The summed E-state index contributed by atoms with van der Waals surface area (Å²) in [4.78, 5) is 22.7. The molecule has 0 bridgehead atoms. The Labute approximate surface area is 118 Å². The summed E-state index contributed by atoms with van der Waals surface area (Å²) in [5, 5.41) is 0. The van der Waals surface area contributed by atoms with Crippen LogP contribution in [-0.4, -0.2) is 32.8 Å². The molecule has 20 heavy (non-hydrogen) atoms. The van der Waals surface area contributed by atoms with Gasteiger partial charge in [0.2, 0.25) is 0 Å². The average Bonchev–Trinajstić information content (AvgIpc) is 2.50. The third kappa shape index (κ3) is 5.24. The summed E-state index contributed by atoms with van der Waals surface area (Å²) in [5.74, 6) is -1.42. The highest BCUT2D eigenvalue weighted by Gasteiger charge is 2.18. The van der Waals surface area contributed by atoms with E-state index in [1.165, 1.54) is 20.3 Å². The molecule has 0 radical (unpaired) electrons. The van der Waals surface area contributed by atoms with Gasteiger partial charge in [-0.25, -0.2) is 9.59 Å². The van der Waals surface area contributed by atoms with Crippen molar-refractivity contribution in [1.29, 1.82) is 0 Å². The number of benzene rings is 1. The average molecular weight is 278 g/mol. The minimum Gasteiger partial charge on any atom is -0.465 e. The largest absolute Gasteiger partial charge is 0.465 e. The van der Waals surface area contributed by atoms with E-state index in [-0.39, 0.29) is 5.57 Å². The molecule has 0 saturated carbocycles. The highest BCUT2D eigenvalue weighted by Crippen LogP contribution is 2.04. The summed E-state index contributed by atoms with van der Waals surface area (Å²) >= 11 is 0. The first-order valence-corrected chi connectivity index (χ1v) is 6.17. The topological polar surface area (TPSA) is 61.8 Å². The Bertz CT molecular complexity index is 446. The molecule has 1 aromatic rings. The van der Waals surface area contributed by atoms with Gasteiger partial charge in [0, 0.05) is 0 Å². The van der Waals surface area contributed by atoms with E-state index in [4.69, 9.17) is 4.74 Å². The van der Waals surface area contributed by atoms with Crippen molar-refractivity contribution >= 4 is 11.9 Å². The summed E-state index contributed by atoms with van der Waals surface area (Å²) in [6, 6.07) is 9.73. The molecular weight excluding hydrogens is 260 g/mol. The Morgan fingerprint density at radius 1 is 1.05 bits per heavy atom. The van der Waals surface area contributed by atoms with Gasteiger partial charge < -0.3 is 14.2 Å². The van der Waals surface area contributed by atoms with Crippen LogP contribution in [0, 0.1) is 0 Å². The van der Waals surface area contributed by atoms with Crippen molar-refractivity contribution in [1.82, 2.24) is 0 Å². The maximum Gasteiger partial charge on any atom is 0.344 e. The standard InChI is InChI=1S/C15H18O5/c1-18-14(16)13(15(17)19-2)9-6-10-20-11-12-7-4-3-5-8-12/h3-5,7-9H,6,10-11H2,1-2H3. The lowest BCUT2D eigenvalue weighted by molar-refractivity contribution is -0.144. The van der Waals surface area contributed by atoms with Crippen molar-refractivity contribution in [3.63, 3.8) is 0 Å². The lowest BCUT2D eigenvalue weighted by Crippen LogP contribution is -2.16. The smallest absolute Gasteiger partial charge is 0.344 e. The molecule has 5 nitrogen and oxygen atoms in total. The van der Waals surface area contributed by atoms with E-state index in [1.54, 1.807) is 0 Å². The van der Waals surface area contributed by atoms with Crippen LogP contribution in [0.15, 0.2) is 42.0 Å². The van der Waals surface area contributed by atoms with Crippen LogP contribution in [0.25, 0.3) is 0 Å². The molecule has 108 valence electrons. The van der Waals surface area contributed by atoms with Crippen molar-refractivity contribution in [3.05, 3.63) is 47.5 Å². The maximum atomic E-state index is 11.4. The normalized spacial score (nSPS) is 9.70. The molecule has 1 aromatic carbocycles. The summed E-state index contributed by atoms with van der Waals surface area (Å²) in [7, 11) is 2.43. The Hall–Kier alpha value is -2.14. The van der Waals surface area contributed by atoms with Crippen LogP contribution in [0.4, 0.5) is 0 Å². The van der Waals surface area contributed by atoms with Crippen LogP contribution in [0.2, 0.25) is 0 Å². The Morgan fingerprint density at radius 3 is 2.20 bits per heavy atom. The molecule has 0 aliphatic rings. The van der Waals surface area contributed by atoms with Gasteiger partial charge in [-0.2, -0.15) is 0 Å². The van der Waals surface area contributed by atoms with Crippen LogP contribution in [0.5, 0.6) is 0 Å². The monoisotopic (exact) mass is 278 g/mol. The predicted molar refractivity (Wildman–Crippen MR) is 72.8 cm³/mol. The summed E-state index contributed by atoms with van der Waals surface area (Å²) in [6.45, 7) is 0.882. The molecule has 0 aliphatic carbocycles. The fraction of sp³-hybridized carbons (Fsp3) is 0.333. The predicted octanol–water partition coefficient (Wildman–Crippen LogP) is 1.87. The number of carbonyl (C=O) groups excluding carboxylic acids is 2. The Morgan fingerprint density at radius 2 is 1.65 bits per heavy atom. The van der Waals surface area contributed by atoms with Crippen LogP contribution in [-0.2, 0) is 30.4 Å². The number of hydrogen-bond donors (Lipinski definition) is 0. The first-order chi connectivity index (χ1) is 9.69. The van der Waals surface area contributed by atoms with Crippen molar-refractivity contribution in [2.75, 3.05) is 20.8 Å². The van der Waals surface area contributed by atoms with Gasteiger partial charge >= 0.3 is 11.9 Å². The van der Waals surface area contributed by atoms with E-state index in [0.29, 0.717) is 19.6 Å². The maximum absolute atomic E-state index is 11.4.